The van der Waals surface area contributed by atoms with E-state index in [-0.39, 0.29) is 11.5 Å². The van der Waals surface area contributed by atoms with Gasteiger partial charge in [0, 0.05) is 10.3 Å². The number of unbranched alkanes of at least 4 members (excludes halogenated alkanes) is 2. The molecule has 0 aliphatic heterocycles. The van der Waals surface area contributed by atoms with E-state index in [1.54, 1.807) is 6.07 Å². The summed E-state index contributed by atoms with van der Waals surface area (Å²) in [4.78, 5) is 12.6. The first-order chi connectivity index (χ1) is 14.5. The molecule has 164 valence electrons. The van der Waals surface area contributed by atoms with Gasteiger partial charge in [0.05, 0.1) is 6.10 Å². The van der Waals surface area contributed by atoms with Crippen LogP contribution in [0, 0.1) is 5.92 Å². The second-order valence-electron chi connectivity index (χ2n) is 8.51. The van der Waals surface area contributed by atoms with Crippen LogP contribution >= 0.6 is 22.9 Å². The van der Waals surface area contributed by atoms with Crippen LogP contribution in [-0.2, 0) is 6.42 Å². The molecule has 1 aliphatic rings. The van der Waals surface area contributed by atoms with E-state index in [2.05, 4.69) is 31.2 Å². The summed E-state index contributed by atoms with van der Waals surface area (Å²) in [6.07, 6.45) is 9.01. The van der Waals surface area contributed by atoms with Crippen molar-refractivity contribution in [1.29, 1.82) is 0 Å². The highest BCUT2D eigenvalue weighted by molar-refractivity contribution is 7.13. The summed E-state index contributed by atoms with van der Waals surface area (Å²) < 4.78 is 0. The van der Waals surface area contributed by atoms with Gasteiger partial charge in [-0.3, -0.25) is 0 Å². The van der Waals surface area contributed by atoms with Crippen LogP contribution in [0.1, 0.15) is 96.0 Å². The molecule has 4 atom stereocenters. The Labute approximate surface area is 189 Å². The molecule has 2 N–H and O–H groups in total. The largest absolute Gasteiger partial charge is 0.477 e. The number of benzene rings is 1. The number of carbonyl (C=O) groups is 1. The maximum absolute atomic E-state index is 11.0. The van der Waals surface area contributed by atoms with Crippen molar-refractivity contribution < 1.29 is 15.0 Å². The van der Waals surface area contributed by atoms with E-state index in [9.17, 15) is 9.90 Å². The molecule has 0 bridgehead atoms. The molecule has 1 aromatic carbocycles. The van der Waals surface area contributed by atoms with Gasteiger partial charge in [0.2, 0.25) is 0 Å². The first kappa shape index (κ1) is 23.3. The summed E-state index contributed by atoms with van der Waals surface area (Å²) in [6, 6.07) is 12.2. The minimum Gasteiger partial charge on any atom is -0.477 e. The molecule has 3 rings (SSSR count). The van der Waals surface area contributed by atoms with Crippen molar-refractivity contribution >= 4 is 28.9 Å². The zero-order chi connectivity index (χ0) is 21.5. The highest BCUT2D eigenvalue weighted by atomic mass is 35.5. The molecule has 1 unspecified atom stereocenters. The summed E-state index contributed by atoms with van der Waals surface area (Å²) in [5, 5.41) is 19.7. The average molecular weight is 449 g/mol. The summed E-state index contributed by atoms with van der Waals surface area (Å²) in [6.45, 7) is 2.18. The van der Waals surface area contributed by atoms with Gasteiger partial charge in [-0.1, -0.05) is 50.5 Å². The SMILES string of the molecule is CCCCCC(O)c1ccc([C@H]2CC[C@@H](Cl)[C@@H]2CCCc2ccc(C(=O)O)s2)cc1. The van der Waals surface area contributed by atoms with Gasteiger partial charge in [0.25, 0.3) is 0 Å². The molecule has 2 aromatic rings. The Kier molecular flexibility index (Phi) is 8.79. The lowest BCUT2D eigenvalue weighted by Crippen LogP contribution is -2.14. The number of thiophene rings is 1. The standard InChI is InChI=1S/C25H33ClO3S/c1-2-3-4-8-23(27)18-11-9-17(10-12-18)20-14-15-22(26)21(20)7-5-6-19-13-16-24(30-19)25(28)29/h9-13,16,20-23,27H,2-8,14-15H2,1H3,(H,28,29)/t20-,21-,22-,23?/m1/s1. The van der Waals surface area contributed by atoms with Crippen LogP contribution in [0.25, 0.3) is 0 Å². The molecule has 30 heavy (non-hydrogen) atoms. The van der Waals surface area contributed by atoms with Gasteiger partial charge in [-0.15, -0.1) is 22.9 Å². The predicted octanol–water partition coefficient (Wildman–Crippen LogP) is 7.18. The summed E-state index contributed by atoms with van der Waals surface area (Å²) in [5.74, 6) is 0.0736. The second-order valence-corrected chi connectivity index (χ2v) is 10.2. The molecule has 0 radical (unpaired) electrons. The quantitative estimate of drug-likeness (QED) is 0.282. The molecular formula is C25H33ClO3S. The normalized spacial score (nSPS) is 22.3. The van der Waals surface area contributed by atoms with Gasteiger partial charge in [0.1, 0.15) is 4.88 Å². The van der Waals surface area contributed by atoms with Crippen LogP contribution in [-0.4, -0.2) is 21.6 Å². The molecule has 1 aromatic heterocycles. The van der Waals surface area contributed by atoms with E-state index in [1.807, 2.05) is 6.07 Å². The average Bonchev–Trinajstić information content (AvgIpc) is 3.36. The van der Waals surface area contributed by atoms with Crippen LogP contribution in [0.2, 0.25) is 0 Å². The van der Waals surface area contributed by atoms with Crippen LogP contribution in [0.3, 0.4) is 0 Å². The lowest BCUT2D eigenvalue weighted by Gasteiger charge is -2.23. The lowest BCUT2D eigenvalue weighted by molar-refractivity contribution is 0.0702. The molecule has 0 spiro atoms. The third kappa shape index (κ3) is 6.09. The van der Waals surface area contributed by atoms with E-state index >= 15 is 0 Å². The minimum absolute atomic E-state index is 0.201. The minimum atomic E-state index is -0.846. The van der Waals surface area contributed by atoms with Crippen molar-refractivity contribution in [1.82, 2.24) is 0 Å². The molecule has 3 nitrogen and oxygen atoms in total. The molecule has 1 heterocycles. The highest BCUT2D eigenvalue weighted by Crippen LogP contribution is 2.45. The number of alkyl halides is 1. The number of hydrogen-bond donors (Lipinski definition) is 2. The fourth-order valence-corrected chi connectivity index (χ4v) is 5.99. The lowest BCUT2D eigenvalue weighted by atomic mass is 9.85. The molecule has 1 fully saturated rings. The van der Waals surface area contributed by atoms with E-state index in [0.29, 0.717) is 16.7 Å². The van der Waals surface area contributed by atoms with Crippen LogP contribution in [0.4, 0.5) is 0 Å². The number of aliphatic hydroxyl groups excluding tert-OH is 1. The molecular weight excluding hydrogens is 416 g/mol. The third-order valence-electron chi connectivity index (χ3n) is 6.40. The first-order valence-electron chi connectivity index (χ1n) is 11.2. The third-order valence-corrected chi connectivity index (χ3v) is 8.07. The number of carboxylic acids is 1. The number of aromatic carboxylic acids is 1. The van der Waals surface area contributed by atoms with Crippen LogP contribution < -0.4 is 0 Å². The zero-order valence-corrected chi connectivity index (χ0v) is 19.3. The number of aliphatic hydroxyl groups is 1. The molecule has 5 heteroatoms. The predicted molar refractivity (Wildman–Crippen MR) is 125 cm³/mol. The highest BCUT2D eigenvalue weighted by Gasteiger charge is 2.35. The second kappa shape index (κ2) is 11.3. The summed E-state index contributed by atoms with van der Waals surface area (Å²) >= 11 is 8.06. The smallest absolute Gasteiger partial charge is 0.345 e. The van der Waals surface area contributed by atoms with Gasteiger partial charge in [-0.2, -0.15) is 0 Å². The maximum Gasteiger partial charge on any atom is 0.345 e. The van der Waals surface area contributed by atoms with Crippen molar-refractivity contribution in [3.63, 3.8) is 0 Å². The zero-order valence-electron chi connectivity index (χ0n) is 17.7. The maximum atomic E-state index is 11.0. The fraction of sp³-hybridized carbons (Fsp3) is 0.560. The Balaban J connectivity index is 1.55. The molecule has 0 saturated heterocycles. The molecule has 1 aliphatic carbocycles. The van der Waals surface area contributed by atoms with Gasteiger partial charge in [0.15, 0.2) is 0 Å². The monoisotopic (exact) mass is 448 g/mol. The van der Waals surface area contributed by atoms with Crippen LogP contribution in [0.5, 0.6) is 0 Å². The van der Waals surface area contributed by atoms with Crippen molar-refractivity contribution in [3.05, 3.63) is 57.3 Å². The topological polar surface area (TPSA) is 57.5 Å². The van der Waals surface area contributed by atoms with Crippen molar-refractivity contribution in [2.75, 3.05) is 0 Å². The number of carboxylic acid groups (broad SMARTS) is 1. The van der Waals surface area contributed by atoms with Crippen molar-refractivity contribution in [3.8, 4) is 0 Å². The number of aryl methyl sites for hydroxylation is 1. The summed E-state index contributed by atoms with van der Waals surface area (Å²) in [5.41, 5.74) is 2.34. The van der Waals surface area contributed by atoms with E-state index < -0.39 is 5.97 Å². The Morgan fingerprint density at radius 1 is 1.13 bits per heavy atom. The van der Waals surface area contributed by atoms with Crippen molar-refractivity contribution in [2.45, 2.75) is 82.1 Å². The Hall–Kier alpha value is -1.36. The first-order valence-corrected chi connectivity index (χ1v) is 12.5. The number of hydrogen-bond acceptors (Lipinski definition) is 3. The Morgan fingerprint density at radius 3 is 2.57 bits per heavy atom. The van der Waals surface area contributed by atoms with E-state index in [0.717, 1.165) is 55.4 Å². The fourth-order valence-electron chi connectivity index (χ4n) is 4.67. The Bertz CT molecular complexity index is 801. The van der Waals surface area contributed by atoms with Crippen molar-refractivity contribution in [2.24, 2.45) is 5.92 Å². The number of halogens is 1. The van der Waals surface area contributed by atoms with Gasteiger partial charge in [-0.05, 0) is 73.6 Å². The van der Waals surface area contributed by atoms with Gasteiger partial charge in [-0.25, -0.2) is 4.79 Å². The van der Waals surface area contributed by atoms with Crippen LogP contribution in [0.15, 0.2) is 36.4 Å². The van der Waals surface area contributed by atoms with E-state index in [4.69, 9.17) is 16.7 Å². The van der Waals surface area contributed by atoms with E-state index in [1.165, 1.54) is 29.7 Å². The Morgan fingerprint density at radius 2 is 1.90 bits per heavy atom. The summed E-state index contributed by atoms with van der Waals surface area (Å²) in [7, 11) is 0. The van der Waals surface area contributed by atoms with Gasteiger partial charge >= 0.3 is 5.97 Å². The number of rotatable bonds is 11. The molecule has 1 saturated carbocycles. The molecule has 0 amide bonds. The van der Waals surface area contributed by atoms with Gasteiger partial charge < -0.3 is 10.2 Å².